The second-order valence-corrected chi connectivity index (χ2v) is 6.33. The minimum absolute atomic E-state index is 0.147. The first-order valence-electron chi connectivity index (χ1n) is 7.21. The highest BCUT2D eigenvalue weighted by Gasteiger charge is 2.12. The molecule has 1 aromatic rings. The van der Waals surface area contributed by atoms with Gasteiger partial charge in [-0.2, -0.15) is 0 Å². The van der Waals surface area contributed by atoms with E-state index in [1.165, 1.54) is 6.07 Å². The van der Waals surface area contributed by atoms with E-state index in [1.807, 2.05) is 12.1 Å². The normalized spacial score (nSPS) is 17.6. The van der Waals surface area contributed by atoms with Gasteiger partial charge in [-0.05, 0) is 38.7 Å². The first kappa shape index (κ1) is 15.9. The van der Waals surface area contributed by atoms with Gasteiger partial charge >= 0.3 is 0 Å². The molecule has 0 saturated carbocycles. The smallest absolute Gasteiger partial charge is 0.128 e. The van der Waals surface area contributed by atoms with E-state index in [0.29, 0.717) is 6.54 Å². The van der Waals surface area contributed by atoms with Crippen molar-refractivity contribution in [1.29, 1.82) is 0 Å². The van der Waals surface area contributed by atoms with Crippen molar-refractivity contribution in [2.45, 2.75) is 13.0 Å². The van der Waals surface area contributed by atoms with Crippen molar-refractivity contribution in [3.8, 4) is 0 Å². The van der Waals surface area contributed by atoms with Crippen molar-refractivity contribution >= 4 is 15.9 Å². The molecule has 1 N–H and O–H groups in total. The van der Waals surface area contributed by atoms with Gasteiger partial charge in [0.1, 0.15) is 5.82 Å². The van der Waals surface area contributed by atoms with Crippen molar-refractivity contribution in [2.75, 3.05) is 46.3 Å². The minimum Gasteiger partial charge on any atom is -0.313 e. The van der Waals surface area contributed by atoms with Crippen LogP contribution in [0.2, 0.25) is 0 Å². The van der Waals surface area contributed by atoms with Crippen LogP contribution in [0.25, 0.3) is 0 Å². The monoisotopic (exact) mass is 343 g/mol. The van der Waals surface area contributed by atoms with Crippen molar-refractivity contribution in [1.82, 2.24) is 15.1 Å². The van der Waals surface area contributed by atoms with Crippen molar-refractivity contribution in [3.63, 3.8) is 0 Å². The highest BCUT2D eigenvalue weighted by atomic mass is 79.9. The Bertz CT molecular complexity index is 420. The molecule has 0 unspecified atom stereocenters. The van der Waals surface area contributed by atoms with E-state index in [2.05, 4.69) is 38.1 Å². The molecule has 0 aliphatic carbocycles. The second-order valence-electron chi connectivity index (χ2n) is 5.41. The average molecular weight is 344 g/mol. The molecule has 1 fully saturated rings. The molecule has 112 valence electrons. The molecule has 0 radical (unpaired) electrons. The molecule has 0 atom stereocenters. The summed E-state index contributed by atoms with van der Waals surface area (Å²) in [4.78, 5) is 4.87. The minimum atomic E-state index is -0.147. The fourth-order valence-corrected chi connectivity index (χ4v) is 2.72. The van der Waals surface area contributed by atoms with Crippen LogP contribution >= 0.6 is 15.9 Å². The van der Waals surface area contributed by atoms with Crippen LogP contribution in [0.5, 0.6) is 0 Å². The molecule has 20 heavy (non-hydrogen) atoms. The summed E-state index contributed by atoms with van der Waals surface area (Å²) < 4.78 is 14.4. The Morgan fingerprint density at radius 3 is 2.70 bits per heavy atom. The lowest BCUT2D eigenvalue weighted by Gasteiger charge is -2.32. The van der Waals surface area contributed by atoms with E-state index in [1.54, 1.807) is 0 Å². The zero-order valence-corrected chi connectivity index (χ0v) is 13.6. The van der Waals surface area contributed by atoms with Gasteiger partial charge in [0, 0.05) is 42.8 Å². The Morgan fingerprint density at radius 1 is 1.25 bits per heavy atom. The van der Waals surface area contributed by atoms with Crippen molar-refractivity contribution in [3.05, 3.63) is 34.1 Å². The lowest BCUT2D eigenvalue weighted by atomic mass is 10.2. The number of nitrogens with zero attached hydrogens (tertiary/aromatic N) is 2. The molecule has 5 heteroatoms. The number of piperazine rings is 1. The summed E-state index contributed by atoms with van der Waals surface area (Å²) in [6, 6.07) is 5.22. The molecule has 3 nitrogen and oxygen atoms in total. The molecule has 1 aliphatic heterocycles. The van der Waals surface area contributed by atoms with Crippen LogP contribution in [0, 0.1) is 5.82 Å². The maximum atomic E-state index is 13.6. The maximum absolute atomic E-state index is 13.6. The van der Waals surface area contributed by atoms with Gasteiger partial charge < -0.3 is 15.1 Å². The number of benzene rings is 1. The third kappa shape index (κ3) is 5.13. The van der Waals surface area contributed by atoms with E-state index in [4.69, 9.17) is 0 Å². The average Bonchev–Trinajstić information content (AvgIpc) is 2.42. The third-order valence-corrected chi connectivity index (χ3v) is 4.25. The molecule has 0 bridgehead atoms. The number of nitrogens with one attached hydrogen (secondary N) is 1. The number of likely N-dealkylation sites (N-methyl/N-ethyl adjacent to an activating group) is 1. The summed E-state index contributed by atoms with van der Waals surface area (Å²) in [5.41, 5.74) is 0.729. The van der Waals surface area contributed by atoms with Gasteiger partial charge in [0.2, 0.25) is 0 Å². The SMILES string of the molecule is CN1CCN(CCCNCc2ccc(Br)cc2F)CC1. The Kier molecular flexibility index (Phi) is 6.42. The molecule has 2 rings (SSSR count). The van der Waals surface area contributed by atoms with Crippen LogP contribution < -0.4 is 5.32 Å². The fraction of sp³-hybridized carbons (Fsp3) is 0.600. The van der Waals surface area contributed by atoms with Crippen LogP contribution in [0.4, 0.5) is 4.39 Å². The Balaban J connectivity index is 1.59. The summed E-state index contributed by atoms with van der Waals surface area (Å²) in [6.45, 7) is 7.32. The van der Waals surface area contributed by atoms with Gasteiger partial charge in [-0.15, -0.1) is 0 Å². The lowest BCUT2D eigenvalue weighted by molar-refractivity contribution is 0.152. The van der Waals surface area contributed by atoms with Gasteiger partial charge in [0.05, 0.1) is 0 Å². The first-order valence-corrected chi connectivity index (χ1v) is 8.00. The van der Waals surface area contributed by atoms with E-state index in [-0.39, 0.29) is 5.82 Å². The lowest BCUT2D eigenvalue weighted by Crippen LogP contribution is -2.45. The Labute approximate surface area is 129 Å². The van der Waals surface area contributed by atoms with Gasteiger partial charge in [-0.1, -0.05) is 22.0 Å². The van der Waals surface area contributed by atoms with Crippen molar-refractivity contribution in [2.24, 2.45) is 0 Å². The maximum Gasteiger partial charge on any atom is 0.128 e. The summed E-state index contributed by atoms with van der Waals surface area (Å²) >= 11 is 3.27. The molecule has 1 aromatic carbocycles. The van der Waals surface area contributed by atoms with Gasteiger partial charge in [0.15, 0.2) is 0 Å². The summed E-state index contributed by atoms with van der Waals surface area (Å²) in [6.07, 6.45) is 1.11. The zero-order valence-electron chi connectivity index (χ0n) is 12.0. The van der Waals surface area contributed by atoms with E-state index < -0.39 is 0 Å². The van der Waals surface area contributed by atoms with Crippen LogP contribution in [-0.2, 0) is 6.54 Å². The van der Waals surface area contributed by atoms with Gasteiger partial charge in [-0.3, -0.25) is 0 Å². The molecule has 0 amide bonds. The predicted octanol–water partition coefficient (Wildman–Crippen LogP) is 2.32. The van der Waals surface area contributed by atoms with Crippen LogP contribution in [0.3, 0.4) is 0 Å². The number of hydrogen-bond donors (Lipinski definition) is 1. The Hall–Kier alpha value is -0.490. The quantitative estimate of drug-likeness (QED) is 0.799. The highest BCUT2D eigenvalue weighted by Crippen LogP contribution is 2.14. The van der Waals surface area contributed by atoms with E-state index in [9.17, 15) is 4.39 Å². The zero-order chi connectivity index (χ0) is 14.4. The largest absolute Gasteiger partial charge is 0.313 e. The molecule has 0 spiro atoms. The molecular formula is C15H23BrFN3. The van der Waals surface area contributed by atoms with E-state index in [0.717, 1.165) is 55.7 Å². The topological polar surface area (TPSA) is 18.5 Å². The van der Waals surface area contributed by atoms with Gasteiger partial charge in [-0.25, -0.2) is 4.39 Å². The van der Waals surface area contributed by atoms with Crippen LogP contribution in [0.15, 0.2) is 22.7 Å². The molecule has 1 heterocycles. The molecule has 1 saturated heterocycles. The number of hydrogen-bond acceptors (Lipinski definition) is 3. The standard InChI is InChI=1S/C15H23BrFN3/c1-19-7-9-20(10-8-19)6-2-5-18-12-13-3-4-14(16)11-15(13)17/h3-4,11,18H,2,5-10,12H2,1H3. The second kappa shape index (κ2) is 8.08. The molecule has 0 aromatic heterocycles. The number of halogens is 2. The highest BCUT2D eigenvalue weighted by molar-refractivity contribution is 9.10. The first-order chi connectivity index (χ1) is 9.65. The van der Waals surface area contributed by atoms with Crippen LogP contribution in [0.1, 0.15) is 12.0 Å². The summed E-state index contributed by atoms with van der Waals surface area (Å²) in [7, 11) is 2.17. The molecule has 1 aliphatic rings. The predicted molar refractivity (Wildman–Crippen MR) is 84.4 cm³/mol. The van der Waals surface area contributed by atoms with Gasteiger partial charge in [0.25, 0.3) is 0 Å². The fourth-order valence-electron chi connectivity index (χ4n) is 2.39. The molecular weight excluding hydrogens is 321 g/mol. The third-order valence-electron chi connectivity index (χ3n) is 3.75. The number of rotatable bonds is 6. The summed E-state index contributed by atoms with van der Waals surface area (Å²) in [5.74, 6) is -0.147. The van der Waals surface area contributed by atoms with Crippen LogP contribution in [-0.4, -0.2) is 56.1 Å². The Morgan fingerprint density at radius 2 is 2.00 bits per heavy atom. The van der Waals surface area contributed by atoms with Crippen molar-refractivity contribution < 1.29 is 4.39 Å². The van der Waals surface area contributed by atoms with E-state index >= 15 is 0 Å². The summed E-state index contributed by atoms with van der Waals surface area (Å²) in [5, 5.41) is 3.32.